The molecule has 0 spiro atoms. The van der Waals surface area contributed by atoms with Crippen LogP contribution in [0, 0.1) is 46.8 Å². The lowest BCUT2D eigenvalue weighted by Crippen LogP contribution is -2.69. The highest BCUT2D eigenvalue weighted by molar-refractivity contribution is 5.99. The van der Waals surface area contributed by atoms with Crippen LogP contribution in [0.2, 0.25) is 0 Å². The lowest BCUT2D eigenvalue weighted by molar-refractivity contribution is -0.363. The first-order valence-corrected chi connectivity index (χ1v) is 12.9. The van der Waals surface area contributed by atoms with Crippen molar-refractivity contribution in [2.75, 3.05) is 0 Å². The number of aliphatic hydroxyl groups excluding tert-OH is 1. The van der Waals surface area contributed by atoms with Crippen molar-refractivity contribution in [3.8, 4) is 0 Å². The molecule has 14 atom stereocenters. The topological polar surface area (TPSA) is 102 Å². The van der Waals surface area contributed by atoms with Gasteiger partial charge in [0.15, 0.2) is 11.6 Å². The van der Waals surface area contributed by atoms with E-state index in [4.69, 9.17) is 14.2 Å². The van der Waals surface area contributed by atoms with Crippen LogP contribution in [0.3, 0.4) is 0 Å². The van der Waals surface area contributed by atoms with Gasteiger partial charge in [0.2, 0.25) is 0 Å². The van der Waals surface area contributed by atoms with E-state index in [2.05, 4.69) is 0 Å². The number of fused-ring (bicyclic) bond motifs is 4. The van der Waals surface area contributed by atoms with Gasteiger partial charge < -0.3 is 24.4 Å². The van der Waals surface area contributed by atoms with Crippen LogP contribution in [0.4, 0.5) is 0 Å². The van der Waals surface area contributed by atoms with Crippen molar-refractivity contribution >= 4 is 11.8 Å². The summed E-state index contributed by atoms with van der Waals surface area (Å²) in [5, 5.41) is 23.0. The summed E-state index contributed by atoms with van der Waals surface area (Å²) < 4.78 is 19.2. The largest absolute Gasteiger partial charge is 0.459 e. The zero-order chi connectivity index (χ0) is 23.9. The molecule has 7 aliphatic rings. The molecule has 3 aliphatic heterocycles. The molecular formula is C27H34O7. The highest BCUT2D eigenvalue weighted by Gasteiger charge is 2.79. The molecule has 0 amide bonds. The fourth-order valence-corrected chi connectivity index (χ4v) is 9.44. The average molecular weight is 471 g/mol. The Morgan fingerprint density at radius 2 is 1.82 bits per heavy atom. The van der Waals surface area contributed by atoms with Gasteiger partial charge in [-0.3, -0.25) is 9.59 Å². The van der Waals surface area contributed by atoms with Crippen LogP contribution in [-0.2, 0) is 23.8 Å². The van der Waals surface area contributed by atoms with Crippen LogP contribution < -0.4 is 0 Å². The van der Waals surface area contributed by atoms with E-state index < -0.39 is 35.1 Å². The van der Waals surface area contributed by atoms with Gasteiger partial charge in [0.25, 0.3) is 0 Å². The minimum Gasteiger partial charge on any atom is -0.459 e. The average Bonchev–Trinajstić information content (AvgIpc) is 3.38. The van der Waals surface area contributed by atoms with Crippen molar-refractivity contribution in [1.82, 2.24) is 0 Å². The normalized spacial score (nSPS) is 61.1. The van der Waals surface area contributed by atoms with Gasteiger partial charge in [-0.1, -0.05) is 26.0 Å². The molecule has 184 valence electrons. The van der Waals surface area contributed by atoms with Gasteiger partial charge in [-0.25, -0.2) is 0 Å². The van der Waals surface area contributed by atoms with Crippen LogP contribution >= 0.6 is 0 Å². The van der Waals surface area contributed by atoms with Crippen molar-refractivity contribution in [3.63, 3.8) is 0 Å². The van der Waals surface area contributed by atoms with Gasteiger partial charge in [-0.15, -0.1) is 0 Å². The maximum absolute atomic E-state index is 13.3. The third-order valence-electron chi connectivity index (χ3n) is 11.2. The van der Waals surface area contributed by atoms with E-state index >= 15 is 0 Å². The first kappa shape index (κ1) is 21.7. The zero-order valence-corrected chi connectivity index (χ0v) is 20.1. The second-order valence-corrected chi connectivity index (χ2v) is 12.5. The van der Waals surface area contributed by atoms with Crippen molar-refractivity contribution < 1.29 is 34.0 Å². The van der Waals surface area contributed by atoms with Gasteiger partial charge >= 0.3 is 5.97 Å². The molecule has 0 aromatic heterocycles. The van der Waals surface area contributed by atoms with E-state index in [9.17, 15) is 19.8 Å². The van der Waals surface area contributed by atoms with E-state index in [-0.39, 0.29) is 59.3 Å². The Labute approximate surface area is 199 Å². The van der Waals surface area contributed by atoms with Crippen molar-refractivity contribution in [1.29, 1.82) is 0 Å². The van der Waals surface area contributed by atoms with E-state index in [0.29, 0.717) is 12.8 Å². The Bertz CT molecular complexity index is 1050. The van der Waals surface area contributed by atoms with E-state index in [1.807, 2.05) is 33.8 Å². The van der Waals surface area contributed by atoms with Gasteiger partial charge in [0.1, 0.15) is 12.2 Å². The highest BCUT2D eigenvalue weighted by Crippen LogP contribution is 2.72. The summed E-state index contributed by atoms with van der Waals surface area (Å²) in [5.74, 6) is -1.20. The summed E-state index contributed by atoms with van der Waals surface area (Å²) in [7, 11) is 0. The molecule has 4 aliphatic carbocycles. The Morgan fingerprint density at radius 3 is 2.53 bits per heavy atom. The Hall–Kier alpha value is -1.54. The van der Waals surface area contributed by atoms with E-state index in [1.165, 1.54) is 0 Å². The number of ketones is 1. The summed E-state index contributed by atoms with van der Waals surface area (Å²) in [6.07, 6.45) is 5.26. The van der Waals surface area contributed by atoms with Crippen LogP contribution in [0.5, 0.6) is 0 Å². The number of carbonyl (C=O) groups excluding carboxylic acids is 2. The summed E-state index contributed by atoms with van der Waals surface area (Å²) in [4.78, 5) is 25.7. The minimum atomic E-state index is -1.20. The predicted octanol–water partition coefficient (Wildman–Crippen LogP) is 2.15. The van der Waals surface area contributed by atoms with Crippen LogP contribution in [0.15, 0.2) is 23.8 Å². The number of hydrogen-bond acceptors (Lipinski definition) is 7. The molecule has 3 heterocycles. The number of rotatable bonds is 1. The van der Waals surface area contributed by atoms with Gasteiger partial charge in [-0.05, 0) is 56.1 Å². The molecule has 6 fully saturated rings. The standard InChI is InChI=1S/C27H34O7/c1-11-12(2)24(30)32-22(11)23-26(4,31)21-18-9-14-13-8-17(28)15-6-5-7-19(29)25(15,3)16(13)10-27(33-18,34-23)20(14)21/h5-7,11-14,16-18,20-23,28,31H,8-10H2,1-4H3/t11-,12-,13+,14+,16+,17-,18-,20-,21+,22?,23?,25+,26-,27+/m1/s1. The SMILES string of the molecule is C[C@H]1C(=O)OC(C2O[C@]34C[C@H]5[C@@H](C[C@@H](O)C6=CC=CC(=O)[C@@]65C)[C@@H]5C[C@@H](O3)[C@@H]([C@@H]54)[C@@]2(C)O)[C@@H]1C. The lowest BCUT2D eigenvalue weighted by Gasteiger charge is -2.62. The number of hydrogen-bond donors (Lipinski definition) is 2. The first-order chi connectivity index (χ1) is 16.0. The molecule has 7 rings (SSSR count). The maximum atomic E-state index is 13.3. The second-order valence-electron chi connectivity index (χ2n) is 12.5. The Kier molecular flexibility index (Phi) is 4.10. The first-order valence-electron chi connectivity index (χ1n) is 12.9. The van der Waals surface area contributed by atoms with E-state index in [1.54, 1.807) is 12.2 Å². The number of esters is 1. The number of cyclic esters (lactones) is 1. The molecule has 7 nitrogen and oxygen atoms in total. The summed E-state index contributed by atoms with van der Waals surface area (Å²) in [5.41, 5.74) is -1.19. The molecule has 0 aromatic carbocycles. The number of carbonyl (C=O) groups is 2. The summed E-state index contributed by atoms with van der Waals surface area (Å²) in [6.45, 7) is 7.64. The van der Waals surface area contributed by atoms with Gasteiger partial charge in [0, 0.05) is 24.2 Å². The molecule has 2 unspecified atom stereocenters. The third kappa shape index (κ3) is 2.29. The number of ether oxygens (including phenoxy) is 3. The molecular weight excluding hydrogens is 436 g/mol. The molecule has 34 heavy (non-hydrogen) atoms. The second kappa shape index (κ2) is 6.41. The zero-order valence-electron chi connectivity index (χ0n) is 20.1. The third-order valence-corrected chi connectivity index (χ3v) is 11.2. The number of aliphatic hydroxyl groups is 2. The van der Waals surface area contributed by atoms with Gasteiger partial charge in [-0.2, -0.15) is 0 Å². The molecule has 3 saturated heterocycles. The molecule has 4 bridgehead atoms. The Morgan fingerprint density at radius 1 is 1.06 bits per heavy atom. The molecule has 7 heteroatoms. The van der Waals surface area contributed by atoms with E-state index in [0.717, 1.165) is 12.0 Å². The van der Waals surface area contributed by atoms with Gasteiger partial charge in [0.05, 0.1) is 29.1 Å². The minimum absolute atomic E-state index is 0.00500. The number of allylic oxidation sites excluding steroid dienone is 3. The van der Waals surface area contributed by atoms with Crippen LogP contribution in [0.25, 0.3) is 0 Å². The maximum Gasteiger partial charge on any atom is 0.309 e. The van der Waals surface area contributed by atoms with Crippen LogP contribution in [-0.4, -0.2) is 57.8 Å². The van der Waals surface area contributed by atoms with Crippen molar-refractivity contribution in [3.05, 3.63) is 23.8 Å². The quantitative estimate of drug-likeness (QED) is 0.566. The molecule has 2 N–H and O–H groups in total. The lowest BCUT2D eigenvalue weighted by atomic mass is 9.47. The molecule has 0 aromatic rings. The Balaban J connectivity index is 1.31. The van der Waals surface area contributed by atoms with Crippen molar-refractivity contribution in [2.45, 2.75) is 82.8 Å². The highest BCUT2D eigenvalue weighted by atomic mass is 16.7. The summed E-state index contributed by atoms with van der Waals surface area (Å²) >= 11 is 0. The summed E-state index contributed by atoms with van der Waals surface area (Å²) in [6, 6.07) is 0. The monoisotopic (exact) mass is 470 g/mol. The fraction of sp³-hybridized carbons (Fsp3) is 0.778. The smallest absolute Gasteiger partial charge is 0.309 e. The predicted molar refractivity (Wildman–Crippen MR) is 119 cm³/mol. The molecule has 0 radical (unpaired) electrons. The molecule has 3 saturated carbocycles. The van der Waals surface area contributed by atoms with Crippen LogP contribution in [0.1, 0.15) is 47.0 Å². The fourth-order valence-electron chi connectivity index (χ4n) is 9.44. The van der Waals surface area contributed by atoms with Crippen molar-refractivity contribution in [2.24, 2.45) is 46.8 Å².